The van der Waals surface area contributed by atoms with Crippen molar-refractivity contribution in [1.29, 1.82) is 0 Å². The van der Waals surface area contributed by atoms with Crippen molar-refractivity contribution in [3.8, 4) is 11.5 Å². The monoisotopic (exact) mass is 657 g/mol. The first kappa shape index (κ1) is 28.6. The highest BCUT2D eigenvalue weighted by Gasteiger charge is 2.41. The molecule has 3 aromatic rings. The number of hydrogen-bond donors (Lipinski definition) is 0. The summed E-state index contributed by atoms with van der Waals surface area (Å²) in [5, 5.41) is 2.89. The fourth-order valence-corrected chi connectivity index (χ4v) is 6.52. The van der Waals surface area contributed by atoms with Crippen molar-refractivity contribution >= 4 is 44.6 Å². The number of alkyl halides is 4. The van der Waals surface area contributed by atoms with Crippen molar-refractivity contribution < 1.29 is 27.0 Å². The highest BCUT2D eigenvalue weighted by Crippen LogP contribution is 2.49. The normalized spacial score (nSPS) is 19.7. The minimum atomic E-state index is -2.91. The van der Waals surface area contributed by atoms with Crippen LogP contribution in [0.3, 0.4) is 0 Å². The number of amidine groups is 1. The second-order valence-corrected chi connectivity index (χ2v) is 11.7. The Bertz CT molecular complexity index is 1590. The molecule has 3 aliphatic heterocycles. The van der Waals surface area contributed by atoms with E-state index in [2.05, 4.69) is 40.6 Å². The van der Waals surface area contributed by atoms with E-state index in [0.29, 0.717) is 13.1 Å². The molecule has 3 aromatic carbocycles. The van der Waals surface area contributed by atoms with Crippen LogP contribution < -0.4 is 9.47 Å². The van der Waals surface area contributed by atoms with Gasteiger partial charge in [0.25, 0.3) is 0 Å². The van der Waals surface area contributed by atoms with E-state index in [-0.39, 0.29) is 17.5 Å². The zero-order valence-electron chi connectivity index (χ0n) is 22.2. The Morgan fingerprint density at radius 3 is 2.12 bits per heavy atom. The van der Waals surface area contributed by atoms with Crippen LogP contribution in [0.2, 0.25) is 0 Å². The van der Waals surface area contributed by atoms with Gasteiger partial charge in [0.15, 0.2) is 5.17 Å². The van der Waals surface area contributed by atoms with E-state index in [1.165, 1.54) is 23.9 Å². The molecule has 216 valence electrons. The summed E-state index contributed by atoms with van der Waals surface area (Å²) in [6, 6.07) is 21.1. The third kappa shape index (κ3) is 5.99. The Balaban J connectivity index is 1.43. The predicted octanol–water partition coefficient (Wildman–Crippen LogP) is 8.39. The highest BCUT2D eigenvalue weighted by atomic mass is 79.9. The molecule has 0 saturated heterocycles. The first-order valence-corrected chi connectivity index (χ1v) is 14.7. The molecule has 0 saturated carbocycles. The molecule has 0 amide bonds. The quantitative estimate of drug-likeness (QED) is 0.239. The smallest absolute Gasteiger partial charge is 0.387 e. The first-order chi connectivity index (χ1) is 20.2. The molecule has 0 unspecified atom stereocenters. The average Bonchev–Trinajstić information content (AvgIpc) is 3.37. The average molecular weight is 659 g/mol. The summed E-state index contributed by atoms with van der Waals surface area (Å²) in [5.74, 6) is 0.183. The van der Waals surface area contributed by atoms with E-state index in [1.54, 1.807) is 24.3 Å². The number of hydrogen-bond acceptors (Lipinski definition) is 6. The second kappa shape index (κ2) is 12.0. The van der Waals surface area contributed by atoms with Crippen LogP contribution in [-0.4, -0.2) is 48.3 Å². The van der Waals surface area contributed by atoms with Crippen LogP contribution in [0, 0.1) is 0 Å². The Morgan fingerprint density at radius 2 is 1.50 bits per heavy atom. The molecule has 3 heterocycles. The van der Waals surface area contributed by atoms with E-state index in [9.17, 15) is 17.6 Å². The fraction of sp³-hybridized carbons (Fsp3) is 0.194. The SMILES string of the molecule is CN1CC2=C(N=C3SC=C(c4ccc(Br)cc4)N3[C@H]2c2ccc(OC(F)F)cc2)/C(=C/c2ccc(OC(F)F)cc2)C1. The lowest BCUT2D eigenvalue weighted by molar-refractivity contribution is -0.0505. The van der Waals surface area contributed by atoms with E-state index >= 15 is 0 Å². The van der Waals surface area contributed by atoms with Crippen LogP contribution in [0.15, 0.2) is 105 Å². The molecule has 0 spiro atoms. The van der Waals surface area contributed by atoms with Gasteiger partial charge < -0.3 is 14.4 Å². The Kier molecular flexibility index (Phi) is 8.15. The molecule has 0 radical (unpaired) electrons. The maximum Gasteiger partial charge on any atom is 0.387 e. The molecule has 1 atom stereocenters. The van der Waals surface area contributed by atoms with Crippen molar-refractivity contribution in [3.63, 3.8) is 0 Å². The molecule has 3 aliphatic rings. The standard InChI is InChI=1S/C31H24BrF4N3O2S/c1-38-15-21(14-18-2-10-23(11-3-18)40-29(33)34)27-25(16-38)28(20-6-12-24(13-7-20)41-30(35)36)39-26(17-42-31(39)37-27)19-4-8-22(32)9-5-19/h2-14,17,28-30H,15-16H2,1H3/b21-14+/t28-/m0/s1. The van der Waals surface area contributed by atoms with Crippen molar-refractivity contribution in [2.24, 2.45) is 4.99 Å². The zero-order valence-corrected chi connectivity index (χ0v) is 24.6. The van der Waals surface area contributed by atoms with Gasteiger partial charge in [-0.05, 0) is 77.4 Å². The molecule has 0 bridgehead atoms. The lowest BCUT2D eigenvalue weighted by Crippen LogP contribution is -2.40. The lowest BCUT2D eigenvalue weighted by atomic mass is 9.88. The molecule has 0 aromatic heterocycles. The molecule has 0 N–H and O–H groups in total. The Hall–Kier alpha value is -3.54. The van der Waals surface area contributed by atoms with Gasteiger partial charge in [-0.15, -0.1) is 0 Å². The second-order valence-electron chi connectivity index (χ2n) is 9.91. The van der Waals surface area contributed by atoms with Crippen LogP contribution in [0.1, 0.15) is 22.7 Å². The van der Waals surface area contributed by atoms with Gasteiger partial charge in [-0.3, -0.25) is 4.90 Å². The number of thioether (sulfide) groups is 1. The number of benzene rings is 3. The molecule has 6 rings (SSSR count). The van der Waals surface area contributed by atoms with E-state index in [4.69, 9.17) is 4.99 Å². The van der Waals surface area contributed by atoms with E-state index < -0.39 is 13.2 Å². The van der Waals surface area contributed by atoms with Crippen molar-refractivity contribution in [2.75, 3.05) is 20.1 Å². The number of fused-ring (bicyclic) bond motifs is 1. The molecular formula is C31H24BrF4N3O2S. The van der Waals surface area contributed by atoms with Gasteiger partial charge in [0.2, 0.25) is 0 Å². The van der Waals surface area contributed by atoms with Crippen LogP contribution in [0.25, 0.3) is 11.8 Å². The van der Waals surface area contributed by atoms with Gasteiger partial charge in [-0.25, -0.2) is 4.99 Å². The van der Waals surface area contributed by atoms with Gasteiger partial charge in [0.05, 0.1) is 17.4 Å². The highest BCUT2D eigenvalue weighted by molar-refractivity contribution is 9.10. The topological polar surface area (TPSA) is 37.3 Å². The van der Waals surface area contributed by atoms with Crippen LogP contribution in [-0.2, 0) is 0 Å². The summed E-state index contributed by atoms with van der Waals surface area (Å²) in [6.07, 6.45) is 2.01. The molecule has 42 heavy (non-hydrogen) atoms. The third-order valence-corrected chi connectivity index (χ3v) is 8.40. The van der Waals surface area contributed by atoms with Gasteiger partial charge >= 0.3 is 13.2 Å². The van der Waals surface area contributed by atoms with E-state index in [1.807, 2.05) is 49.5 Å². The molecular weight excluding hydrogens is 634 g/mol. The van der Waals surface area contributed by atoms with Crippen LogP contribution in [0.4, 0.5) is 17.6 Å². The van der Waals surface area contributed by atoms with Crippen molar-refractivity contribution in [3.05, 3.63) is 116 Å². The summed E-state index contributed by atoms with van der Waals surface area (Å²) >= 11 is 5.04. The third-order valence-electron chi connectivity index (χ3n) is 7.03. The summed E-state index contributed by atoms with van der Waals surface area (Å²) < 4.78 is 61.1. The number of halogens is 5. The lowest BCUT2D eigenvalue weighted by Gasteiger charge is -2.42. The molecule has 0 aliphatic carbocycles. The van der Waals surface area contributed by atoms with Crippen molar-refractivity contribution in [1.82, 2.24) is 9.80 Å². The summed E-state index contributed by atoms with van der Waals surface area (Å²) in [7, 11) is 2.03. The number of rotatable bonds is 7. The minimum Gasteiger partial charge on any atom is -0.435 e. The van der Waals surface area contributed by atoms with E-state index in [0.717, 1.165) is 48.9 Å². The molecule has 11 heteroatoms. The molecule has 5 nitrogen and oxygen atoms in total. The predicted molar refractivity (Wildman–Crippen MR) is 160 cm³/mol. The number of nitrogens with zero attached hydrogens (tertiary/aromatic N) is 3. The summed E-state index contributed by atoms with van der Waals surface area (Å²) in [6.45, 7) is -4.52. The number of ether oxygens (including phenoxy) is 2. The van der Waals surface area contributed by atoms with Gasteiger partial charge in [0.1, 0.15) is 11.5 Å². The molecule has 0 fully saturated rings. The minimum absolute atomic E-state index is 0.0905. The Morgan fingerprint density at radius 1 is 0.881 bits per heavy atom. The van der Waals surface area contributed by atoms with Crippen molar-refractivity contribution in [2.45, 2.75) is 19.3 Å². The maximum absolute atomic E-state index is 12.9. The summed E-state index contributed by atoms with van der Waals surface area (Å²) in [5.41, 5.74) is 6.65. The Labute approximate surface area is 252 Å². The largest absolute Gasteiger partial charge is 0.435 e. The number of aliphatic imine (C=N–C) groups is 1. The fourth-order valence-electron chi connectivity index (χ4n) is 5.33. The number of likely N-dealkylation sites (N-methyl/N-ethyl adjacent to an activating group) is 1. The van der Waals surface area contributed by atoms with Gasteiger partial charge in [-0.2, -0.15) is 17.6 Å². The van der Waals surface area contributed by atoms with Gasteiger partial charge in [-0.1, -0.05) is 64.1 Å². The maximum atomic E-state index is 12.9. The first-order valence-electron chi connectivity index (χ1n) is 13.0. The van der Waals surface area contributed by atoms with Crippen LogP contribution >= 0.6 is 27.7 Å². The van der Waals surface area contributed by atoms with Crippen LogP contribution in [0.5, 0.6) is 11.5 Å². The zero-order chi connectivity index (χ0) is 29.4. The summed E-state index contributed by atoms with van der Waals surface area (Å²) in [4.78, 5) is 9.53. The van der Waals surface area contributed by atoms with Gasteiger partial charge in [0, 0.05) is 23.0 Å².